The van der Waals surface area contributed by atoms with E-state index < -0.39 is 0 Å². The lowest BCUT2D eigenvalue weighted by Crippen LogP contribution is -2.44. The molecule has 0 atom stereocenters. The van der Waals surface area contributed by atoms with Gasteiger partial charge in [-0.25, -0.2) is 0 Å². The lowest BCUT2D eigenvalue weighted by atomic mass is 10.1. The number of amides is 1. The Morgan fingerprint density at radius 3 is 2.53 bits per heavy atom. The first-order chi connectivity index (χ1) is 14.5. The Kier molecular flexibility index (Phi) is 5.68. The van der Waals surface area contributed by atoms with Crippen molar-refractivity contribution < 1.29 is 9.21 Å². The van der Waals surface area contributed by atoms with Crippen molar-refractivity contribution in [3.05, 3.63) is 76.2 Å². The lowest BCUT2D eigenvalue weighted by Gasteiger charge is -2.34. The lowest BCUT2D eigenvalue weighted by molar-refractivity contribution is -0.111. The van der Waals surface area contributed by atoms with Crippen LogP contribution < -0.4 is 15.6 Å². The fraction of sp³-hybridized carbons (Fsp3) is 0.250. The highest BCUT2D eigenvalue weighted by Crippen LogP contribution is 2.19. The van der Waals surface area contributed by atoms with Gasteiger partial charge in [-0.2, -0.15) is 0 Å². The maximum Gasteiger partial charge on any atom is 0.248 e. The fourth-order valence-corrected chi connectivity index (χ4v) is 3.54. The molecule has 1 aliphatic heterocycles. The number of likely N-dealkylation sites (N-methyl/N-ethyl adjacent to an activating group) is 1. The van der Waals surface area contributed by atoms with Gasteiger partial charge >= 0.3 is 0 Å². The van der Waals surface area contributed by atoms with Gasteiger partial charge < -0.3 is 19.5 Å². The highest BCUT2D eigenvalue weighted by molar-refractivity contribution is 6.02. The van der Waals surface area contributed by atoms with Crippen LogP contribution in [0.3, 0.4) is 0 Å². The molecule has 2 heterocycles. The van der Waals surface area contributed by atoms with Gasteiger partial charge in [-0.15, -0.1) is 0 Å². The number of nitrogens with one attached hydrogen (secondary N) is 1. The van der Waals surface area contributed by atoms with E-state index in [1.165, 1.54) is 18.4 Å². The summed E-state index contributed by atoms with van der Waals surface area (Å²) in [7, 11) is 2.13. The molecule has 3 aromatic rings. The minimum absolute atomic E-state index is 0.152. The third-order valence-corrected chi connectivity index (χ3v) is 5.37. The highest BCUT2D eigenvalue weighted by atomic mass is 16.3. The van der Waals surface area contributed by atoms with E-state index >= 15 is 0 Å². The molecular weight excluding hydrogens is 378 g/mol. The second kappa shape index (κ2) is 8.55. The van der Waals surface area contributed by atoms with Gasteiger partial charge in [0.15, 0.2) is 5.43 Å². The van der Waals surface area contributed by atoms with Crippen molar-refractivity contribution in [3.8, 4) is 0 Å². The number of rotatable bonds is 4. The molecule has 1 amide bonds. The number of carbonyl (C=O) groups excluding carboxylic acids is 1. The SMILES string of the molecule is Cc1ccc2occ(/C=C/C(=O)Nc3ccc(N4CCN(C)CC4)cc3)c(=O)c2c1. The Morgan fingerprint density at radius 2 is 1.80 bits per heavy atom. The molecule has 1 aromatic heterocycles. The van der Waals surface area contributed by atoms with E-state index in [4.69, 9.17) is 4.42 Å². The third kappa shape index (κ3) is 4.44. The zero-order chi connectivity index (χ0) is 21.1. The molecule has 0 aliphatic carbocycles. The topological polar surface area (TPSA) is 65.8 Å². The van der Waals surface area contributed by atoms with Crippen molar-refractivity contribution in [2.75, 3.05) is 43.4 Å². The molecular formula is C24H25N3O3. The second-order valence-corrected chi connectivity index (χ2v) is 7.68. The van der Waals surface area contributed by atoms with Crippen LogP contribution in [0.2, 0.25) is 0 Å². The summed E-state index contributed by atoms with van der Waals surface area (Å²) in [6, 6.07) is 13.3. The molecule has 1 saturated heterocycles. The van der Waals surface area contributed by atoms with Crippen molar-refractivity contribution in [1.82, 2.24) is 4.90 Å². The molecule has 30 heavy (non-hydrogen) atoms. The molecule has 0 radical (unpaired) electrons. The highest BCUT2D eigenvalue weighted by Gasteiger charge is 2.14. The average molecular weight is 403 g/mol. The fourth-order valence-electron chi connectivity index (χ4n) is 3.54. The summed E-state index contributed by atoms with van der Waals surface area (Å²) in [5, 5.41) is 3.34. The number of hydrogen-bond acceptors (Lipinski definition) is 5. The molecule has 154 valence electrons. The molecule has 0 saturated carbocycles. The third-order valence-electron chi connectivity index (χ3n) is 5.37. The van der Waals surface area contributed by atoms with Crippen LogP contribution in [0, 0.1) is 6.92 Å². The molecule has 1 N–H and O–H groups in total. The van der Waals surface area contributed by atoms with Crippen LogP contribution in [0.4, 0.5) is 11.4 Å². The summed E-state index contributed by atoms with van der Waals surface area (Å²) < 4.78 is 5.52. The Hall–Kier alpha value is -3.38. The van der Waals surface area contributed by atoms with E-state index in [2.05, 4.69) is 22.2 Å². The van der Waals surface area contributed by atoms with Crippen molar-refractivity contribution in [2.24, 2.45) is 0 Å². The summed E-state index contributed by atoms with van der Waals surface area (Å²) in [6.07, 6.45) is 4.22. The Bertz CT molecular complexity index is 1140. The van der Waals surface area contributed by atoms with Crippen LogP contribution in [0.1, 0.15) is 11.1 Å². The standard InChI is InChI=1S/C24H25N3O3/c1-17-3-9-22-21(15-17)24(29)18(16-30-22)4-10-23(28)25-19-5-7-20(8-6-19)27-13-11-26(2)12-14-27/h3-10,15-16H,11-14H2,1-2H3,(H,25,28)/b10-4+. The first kappa shape index (κ1) is 19.9. The second-order valence-electron chi connectivity index (χ2n) is 7.68. The predicted octanol–water partition coefficient (Wildman–Crippen LogP) is 3.51. The number of carbonyl (C=O) groups is 1. The number of hydrogen-bond donors (Lipinski definition) is 1. The maximum atomic E-state index is 12.6. The Balaban J connectivity index is 1.42. The van der Waals surface area contributed by atoms with E-state index in [-0.39, 0.29) is 11.3 Å². The van der Waals surface area contributed by atoms with Crippen LogP contribution in [0.25, 0.3) is 17.0 Å². The summed E-state index contributed by atoms with van der Waals surface area (Å²) in [5.74, 6) is -0.300. The van der Waals surface area contributed by atoms with Gasteiger partial charge in [0.05, 0.1) is 10.9 Å². The summed E-state index contributed by atoms with van der Waals surface area (Å²) in [5.41, 5.74) is 3.57. The van der Waals surface area contributed by atoms with Gasteiger partial charge in [0.2, 0.25) is 5.91 Å². The summed E-state index contributed by atoms with van der Waals surface area (Å²) in [6.45, 7) is 6.01. The smallest absolute Gasteiger partial charge is 0.248 e. The first-order valence-electron chi connectivity index (χ1n) is 10.0. The van der Waals surface area contributed by atoms with Gasteiger partial charge in [-0.05, 0) is 56.4 Å². The molecule has 6 nitrogen and oxygen atoms in total. The molecule has 1 fully saturated rings. The minimum Gasteiger partial charge on any atom is -0.463 e. The quantitative estimate of drug-likeness (QED) is 0.676. The number of anilines is 2. The number of aryl methyl sites for hydroxylation is 1. The molecule has 4 rings (SSSR count). The molecule has 1 aliphatic rings. The van der Waals surface area contributed by atoms with Crippen molar-refractivity contribution >= 4 is 34.3 Å². The van der Waals surface area contributed by atoms with Crippen LogP contribution in [0.5, 0.6) is 0 Å². The van der Waals surface area contributed by atoms with Crippen LogP contribution in [-0.4, -0.2) is 44.0 Å². The molecule has 2 aromatic carbocycles. The molecule has 6 heteroatoms. The van der Waals surface area contributed by atoms with Crippen molar-refractivity contribution in [3.63, 3.8) is 0 Å². The Labute approximate surface area is 175 Å². The maximum absolute atomic E-state index is 12.6. The van der Waals surface area contributed by atoms with Crippen LogP contribution in [0.15, 0.2) is 64.0 Å². The van der Waals surface area contributed by atoms with Gasteiger partial charge in [-0.3, -0.25) is 9.59 Å². The van der Waals surface area contributed by atoms with E-state index in [1.54, 1.807) is 12.1 Å². The van der Waals surface area contributed by atoms with E-state index in [0.29, 0.717) is 22.2 Å². The summed E-state index contributed by atoms with van der Waals surface area (Å²) in [4.78, 5) is 29.6. The summed E-state index contributed by atoms with van der Waals surface area (Å²) >= 11 is 0. The largest absolute Gasteiger partial charge is 0.463 e. The zero-order valence-electron chi connectivity index (χ0n) is 17.2. The number of piperazine rings is 1. The zero-order valence-corrected chi connectivity index (χ0v) is 17.2. The molecule has 0 spiro atoms. The normalized spacial score (nSPS) is 15.1. The van der Waals surface area contributed by atoms with E-state index in [0.717, 1.165) is 37.4 Å². The number of fused-ring (bicyclic) bond motifs is 1. The van der Waals surface area contributed by atoms with Gasteiger partial charge in [0, 0.05) is 43.6 Å². The first-order valence-corrected chi connectivity index (χ1v) is 10.0. The minimum atomic E-state index is -0.300. The van der Waals surface area contributed by atoms with Crippen molar-refractivity contribution in [1.29, 1.82) is 0 Å². The average Bonchev–Trinajstić information content (AvgIpc) is 2.75. The van der Waals surface area contributed by atoms with Gasteiger partial charge in [0.25, 0.3) is 0 Å². The van der Waals surface area contributed by atoms with Gasteiger partial charge in [-0.1, -0.05) is 11.6 Å². The molecule has 0 unspecified atom stereocenters. The number of benzene rings is 2. The van der Waals surface area contributed by atoms with E-state index in [1.807, 2.05) is 37.3 Å². The van der Waals surface area contributed by atoms with Crippen LogP contribution in [-0.2, 0) is 4.79 Å². The van der Waals surface area contributed by atoms with Crippen LogP contribution >= 0.6 is 0 Å². The Morgan fingerprint density at radius 1 is 1.07 bits per heavy atom. The van der Waals surface area contributed by atoms with Gasteiger partial charge in [0.1, 0.15) is 11.8 Å². The molecule has 0 bridgehead atoms. The number of nitrogens with zero attached hydrogens (tertiary/aromatic N) is 2. The van der Waals surface area contributed by atoms with E-state index in [9.17, 15) is 9.59 Å². The monoisotopic (exact) mass is 403 g/mol. The van der Waals surface area contributed by atoms with Crippen molar-refractivity contribution in [2.45, 2.75) is 6.92 Å². The predicted molar refractivity (Wildman–Crippen MR) is 121 cm³/mol.